The summed E-state index contributed by atoms with van der Waals surface area (Å²) >= 11 is 0. The minimum atomic E-state index is -4.79. The van der Waals surface area contributed by atoms with E-state index < -0.39 is 17.9 Å². The van der Waals surface area contributed by atoms with Gasteiger partial charge in [0.05, 0.1) is 12.5 Å². The maximum Gasteiger partial charge on any atom is 0.573 e. The molecule has 0 radical (unpaired) electrons. The van der Waals surface area contributed by atoms with Crippen molar-refractivity contribution < 1.29 is 22.7 Å². The molecule has 0 saturated carbocycles. The van der Waals surface area contributed by atoms with Gasteiger partial charge in [-0.05, 0) is 12.1 Å². The highest BCUT2D eigenvalue weighted by molar-refractivity contribution is 5.97. The lowest BCUT2D eigenvalue weighted by molar-refractivity contribution is -0.274. The number of carbonyl (C=O) groups excluding carboxylic acids is 1. The number of ether oxygens (including phenoxy) is 1. The Morgan fingerprint density at radius 3 is 2.69 bits per heavy atom. The van der Waals surface area contributed by atoms with Crippen LogP contribution in [0.3, 0.4) is 0 Å². The topological polar surface area (TPSA) is 50.1 Å². The first-order valence-electron chi connectivity index (χ1n) is 4.18. The van der Waals surface area contributed by atoms with Crippen molar-refractivity contribution in [2.24, 2.45) is 0 Å². The van der Waals surface area contributed by atoms with Gasteiger partial charge in [0.15, 0.2) is 5.78 Å². The molecule has 0 fully saturated rings. The molecule has 0 aromatic heterocycles. The average molecular weight is 229 g/mol. The lowest BCUT2D eigenvalue weighted by Crippen LogP contribution is -2.17. The van der Waals surface area contributed by atoms with Crippen LogP contribution in [0.5, 0.6) is 5.75 Å². The molecule has 0 aliphatic heterocycles. The van der Waals surface area contributed by atoms with Crippen LogP contribution >= 0.6 is 0 Å². The van der Waals surface area contributed by atoms with Crippen molar-refractivity contribution >= 4 is 5.78 Å². The highest BCUT2D eigenvalue weighted by Gasteiger charge is 2.31. The molecule has 84 valence electrons. The Hall–Kier alpha value is -2.03. The summed E-state index contributed by atoms with van der Waals surface area (Å²) in [5.74, 6) is -1.02. The first-order valence-corrected chi connectivity index (χ1v) is 4.18. The van der Waals surface area contributed by atoms with Gasteiger partial charge in [0.25, 0.3) is 0 Å². The van der Waals surface area contributed by atoms with Crippen molar-refractivity contribution in [1.29, 1.82) is 5.26 Å². The number of ketones is 1. The van der Waals surface area contributed by atoms with Gasteiger partial charge in [-0.25, -0.2) is 0 Å². The van der Waals surface area contributed by atoms with E-state index in [0.717, 1.165) is 12.1 Å². The molecule has 0 saturated heterocycles. The summed E-state index contributed by atoms with van der Waals surface area (Å²) in [7, 11) is 0. The Kier molecular flexibility index (Phi) is 3.51. The Morgan fingerprint density at radius 1 is 1.44 bits per heavy atom. The molecule has 1 aromatic carbocycles. The fourth-order valence-corrected chi connectivity index (χ4v) is 1.04. The van der Waals surface area contributed by atoms with Crippen LogP contribution in [0, 0.1) is 11.3 Å². The van der Waals surface area contributed by atoms with Gasteiger partial charge in [-0.1, -0.05) is 12.1 Å². The molecule has 0 bridgehead atoms. The third-order valence-electron chi connectivity index (χ3n) is 1.63. The predicted octanol–water partition coefficient (Wildman–Crippen LogP) is 2.68. The van der Waals surface area contributed by atoms with Gasteiger partial charge in [0.1, 0.15) is 5.75 Å². The molecule has 6 heteroatoms. The maximum atomic E-state index is 11.9. The summed E-state index contributed by atoms with van der Waals surface area (Å²) in [4.78, 5) is 11.2. The van der Waals surface area contributed by atoms with E-state index in [0.29, 0.717) is 0 Å². The fraction of sp³-hybridized carbons (Fsp3) is 0.200. The van der Waals surface area contributed by atoms with Gasteiger partial charge < -0.3 is 4.74 Å². The normalized spacial score (nSPS) is 10.6. The SMILES string of the molecule is N#CCC(=O)c1cccc(OC(F)(F)F)c1. The van der Waals surface area contributed by atoms with E-state index in [1.165, 1.54) is 12.1 Å². The summed E-state index contributed by atoms with van der Waals surface area (Å²) in [6.45, 7) is 0. The number of nitrogens with zero attached hydrogens (tertiary/aromatic N) is 1. The maximum absolute atomic E-state index is 11.9. The molecule has 0 spiro atoms. The van der Waals surface area contributed by atoms with Crippen LogP contribution in [-0.2, 0) is 0 Å². The molecular formula is C10H6F3NO2. The number of rotatable bonds is 3. The number of nitriles is 1. The minimum Gasteiger partial charge on any atom is -0.406 e. The molecule has 0 N–H and O–H groups in total. The van der Waals surface area contributed by atoms with E-state index >= 15 is 0 Å². The van der Waals surface area contributed by atoms with Crippen molar-refractivity contribution in [1.82, 2.24) is 0 Å². The molecule has 1 aromatic rings. The van der Waals surface area contributed by atoms with Crippen molar-refractivity contribution in [3.8, 4) is 11.8 Å². The first-order chi connectivity index (χ1) is 7.42. The smallest absolute Gasteiger partial charge is 0.406 e. The molecular weight excluding hydrogens is 223 g/mol. The molecule has 0 heterocycles. The Labute approximate surface area is 89.1 Å². The largest absolute Gasteiger partial charge is 0.573 e. The molecule has 0 amide bonds. The van der Waals surface area contributed by atoms with Crippen LogP contribution in [-0.4, -0.2) is 12.1 Å². The number of Topliss-reactive ketones (excluding diaryl/α,β-unsaturated/α-hetero) is 1. The van der Waals surface area contributed by atoms with E-state index in [2.05, 4.69) is 4.74 Å². The van der Waals surface area contributed by atoms with Crippen LogP contribution in [0.15, 0.2) is 24.3 Å². The lowest BCUT2D eigenvalue weighted by atomic mass is 10.1. The van der Waals surface area contributed by atoms with Gasteiger partial charge in [-0.3, -0.25) is 4.79 Å². The molecule has 3 nitrogen and oxygen atoms in total. The number of hydrogen-bond donors (Lipinski definition) is 0. The Balaban J connectivity index is 2.88. The van der Waals surface area contributed by atoms with Crippen molar-refractivity contribution in [3.05, 3.63) is 29.8 Å². The van der Waals surface area contributed by atoms with E-state index in [1.54, 1.807) is 6.07 Å². The number of carbonyl (C=O) groups is 1. The predicted molar refractivity (Wildman–Crippen MR) is 47.7 cm³/mol. The van der Waals surface area contributed by atoms with E-state index in [4.69, 9.17) is 5.26 Å². The van der Waals surface area contributed by atoms with Crippen molar-refractivity contribution in [3.63, 3.8) is 0 Å². The summed E-state index contributed by atoms with van der Waals surface area (Å²) < 4.78 is 39.2. The van der Waals surface area contributed by atoms with Crippen LogP contribution in [0.1, 0.15) is 16.8 Å². The number of hydrogen-bond acceptors (Lipinski definition) is 3. The Bertz CT molecular complexity index is 434. The van der Waals surface area contributed by atoms with Gasteiger partial charge in [0, 0.05) is 5.56 Å². The third-order valence-corrected chi connectivity index (χ3v) is 1.63. The fourth-order valence-electron chi connectivity index (χ4n) is 1.04. The zero-order chi connectivity index (χ0) is 12.2. The number of alkyl halides is 3. The monoisotopic (exact) mass is 229 g/mol. The van der Waals surface area contributed by atoms with Crippen molar-refractivity contribution in [2.45, 2.75) is 12.8 Å². The highest BCUT2D eigenvalue weighted by atomic mass is 19.4. The summed E-state index contributed by atoms with van der Waals surface area (Å²) in [6.07, 6.45) is -5.17. The second-order valence-corrected chi connectivity index (χ2v) is 2.83. The van der Waals surface area contributed by atoms with E-state index in [-0.39, 0.29) is 12.0 Å². The first kappa shape index (κ1) is 12.0. The molecule has 16 heavy (non-hydrogen) atoms. The van der Waals surface area contributed by atoms with Gasteiger partial charge >= 0.3 is 6.36 Å². The number of halogens is 3. The standard InChI is InChI=1S/C10H6F3NO2/c11-10(12,13)16-8-3-1-2-7(6-8)9(15)4-5-14/h1-3,6H,4H2. The molecule has 0 aliphatic rings. The minimum absolute atomic E-state index is 0.0169. The molecule has 0 aliphatic carbocycles. The summed E-state index contributed by atoms with van der Waals surface area (Å²) in [6, 6.07) is 6.23. The molecule has 0 unspecified atom stereocenters. The van der Waals surface area contributed by atoms with Crippen LogP contribution < -0.4 is 4.74 Å². The zero-order valence-electron chi connectivity index (χ0n) is 7.91. The van der Waals surface area contributed by atoms with E-state index in [9.17, 15) is 18.0 Å². The van der Waals surface area contributed by atoms with Crippen LogP contribution in [0.4, 0.5) is 13.2 Å². The average Bonchev–Trinajstić information content (AvgIpc) is 2.16. The highest BCUT2D eigenvalue weighted by Crippen LogP contribution is 2.23. The van der Waals surface area contributed by atoms with Gasteiger partial charge in [-0.15, -0.1) is 13.2 Å². The zero-order valence-corrected chi connectivity index (χ0v) is 7.91. The lowest BCUT2D eigenvalue weighted by Gasteiger charge is -2.09. The van der Waals surface area contributed by atoms with Crippen LogP contribution in [0.2, 0.25) is 0 Å². The van der Waals surface area contributed by atoms with E-state index in [1.807, 2.05) is 0 Å². The molecule has 0 atom stereocenters. The second kappa shape index (κ2) is 4.66. The quantitative estimate of drug-likeness (QED) is 0.748. The summed E-state index contributed by atoms with van der Waals surface area (Å²) in [5, 5.41) is 8.27. The van der Waals surface area contributed by atoms with Crippen molar-refractivity contribution in [2.75, 3.05) is 0 Å². The van der Waals surface area contributed by atoms with Gasteiger partial charge in [-0.2, -0.15) is 5.26 Å². The van der Waals surface area contributed by atoms with Gasteiger partial charge in [0.2, 0.25) is 0 Å². The van der Waals surface area contributed by atoms with Crippen LogP contribution in [0.25, 0.3) is 0 Å². The molecule has 1 rings (SSSR count). The summed E-state index contributed by atoms with van der Waals surface area (Å²) in [5.41, 5.74) is 0.0169. The third kappa shape index (κ3) is 3.61. The number of benzene rings is 1. The second-order valence-electron chi connectivity index (χ2n) is 2.83. The Morgan fingerprint density at radius 2 is 2.12 bits per heavy atom.